The van der Waals surface area contributed by atoms with E-state index < -0.39 is 6.43 Å². The maximum atomic E-state index is 12.4. The van der Waals surface area contributed by atoms with E-state index in [1.54, 1.807) is 29.5 Å². The predicted octanol–water partition coefficient (Wildman–Crippen LogP) is 3.59. The molecule has 1 rings (SSSR count). The standard InChI is InChI=1S/C7H5ClF2IN/c1-3-6(8)5(7(9)10)4(11)2-12-3/h2,7H,1H3. The molecule has 0 fully saturated rings. The summed E-state index contributed by atoms with van der Waals surface area (Å²) < 4.78 is 25.1. The zero-order valence-electron chi connectivity index (χ0n) is 6.11. The minimum Gasteiger partial charge on any atom is -0.259 e. The number of hydrogen-bond acceptors (Lipinski definition) is 1. The van der Waals surface area contributed by atoms with Gasteiger partial charge in [0.2, 0.25) is 0 Å². The van der Waals surface area contributed by atoms with Crippen LogP contribution >= 0.6 is 34.2 Å². The summed E-state index contributed by atoms with van der Waals surface area (Å²) in [6.45, 7) is 1.60. The van der Waals surface area contributed by atoms with Gasteiger partial charge in [-0.2, -0.15) is 0 Å². The Morgan fingerprint density at radius 2 is 2.17 bits per heavy atom. The van der Waals surface area contributed by atoms with Gasteiger partial charge >= 0.3 is 0 Å². The SMILES string of the molecule is Cc1ncc(I)c(C(F)F)c1Cl. The molecule has 0 amide bonds. The molecule has 0 spiro atoms. The summed E-state index contributed by atoms with van der Waals surface area (Å²) in [6, 6.07) is 0. The summed E-state index contributed by atoms with van der Waals surface area (Å²) in [4.78, 5) is 3.85. The molecule has 0 saturated heterocycles. The molecule has 1 aromatic rings. The zero-order valence-corrected chi connectivity index (χ0v) is 9.03. The summed E-state index contributed by atoms with van der Waals surface area (Å²) in [5.74, 6) is 0. The second-order valence-electron chi connectivity index (χ2n) is 2.22. The van der Waals surface area contributed by atoms with E-state index in [9.17, 15) is 8.78 Å². The minimum atomic E-state index is -2.54. The van der Waals surface area contributed by atoms with E-state index >= 15 is 0 Å². The van der Waals surface area contributed by atoms with E-state index in [1.807, 2.05) is 0 Å². The number of alkyl halides is 2. The fourth-order valence-corrected chi connectivity index (χ4v) is 1.82. The van der Waals surface area contributed by atoms with Crippen LogP contribution in [-0.2, 0) is 0 Å². The molecule has 1 heterocycles. The molecule has 0 unspecified atom stereocenters. The van der Waals surface area contributed by atoms with Gasteiger partial charge in [-0.05, 0) is 29.5 Å². The van der Waals surface area contributed by atoms with Crippen LogP contribution in [0.4, 0.5) is 8.78 Å². The molecule has 66 valence electrons. The summed E-state index contributed by atoms with van der Waals surface area (Å²) >= 11 is 7.44. The van der Waals surface area contributed by atoms with Gasteiger partial charge in [0.25, 0.3) is 6.43 Å². The van der Waals surface area contributed by atoms with Crippen molar-refractivity contribution in [1.82, 2.24) is 4.98 Å². The Bertz CT molecular complexity index is 304. The van der Waals surface area contributed by atoms with Gasteiger partial charge in [-0.15, -0.1) is 0 Å². The summed E-state index contributed by atoms with van der Waals surface area (Å²) in [5, 5.41) is 0.0666. The first kappa shape index (κ1) is 10.1. The Morgan fingerprint density at radius 1 is 1.58 bits per heavy atom. The fraction of sp³-hybridized carbons (Fsp3) is 0.286. The molecule has 0 aromatic carbocycles. The first-order valence-electron chi connectivity index (χ1n) is 3.12. The van der Waals surface area contributed by atoms with Crippen LogP contribution in [0, 0.1) is 10.5 Å². The van der Waals surface area contributed by atoms with Crippen molar-refractivity contribution in [1.29, 1.82) is 0 Å². The van der Waals surface area contributed by atoms with E-state index in [0.717, 1.165) is 0 Å². The quantitative estimate of drug-likeness (QED) is 0.723. The van der Waals surface area contributed by atoms with Crippen molar-refractivity contribution in [3.8, 4) is 0 Å². The number of pyridine rings is 1. The van der Waals surface area contributed by atoms with Crippen LogP contribution in [0.3, 0.4) is 0 Å². The lowest BCUT2D eigenvalue weighted by Crippen LogP contribution is -1.95. The maximum absolute atomic E-state index is 12.4. The van der Waals surface area contributed by atoms with Crippen molar-refractivity contribution in [3.63, 3.8) is 0 Å². The molecule has 0 bridgehead atoms. The topological polar surface area (TPSA) is 12.9 Å². The van der Waals surface area contributed by atoms with E-state index in [0.29, 0.717) is 9.26 Å². The molecular weight excluding hydrogens is 298 g/mol. The molecule has 0 saturated carbocycles. The third-order valence-corrected chi connectivity index (χ3v) is 2.74. The van der Waals surface area contributed by atoms with Gasteiger partial charge in [0.05, 0.1) is 16.3 Å². The third kappa shape index (κ3) is 1.85. The normalized spacial score (nSPS) is 10.8. The van der Waals surface area contributed by atoms with Crippen LogP contribution < -0.4 is 0 Å². The Hall–Kier alpha value is 0.0300. The van der Waals surface area contributed by atoms with Gasteiger partial charge in [0.15, 0.2) is 0 Å². The number of nitrogens with zero attached hydrogens (tertiary/aromatic N) is 1. The van der Waals surface area contributed by atoms with Crippen LogP contribution in [-0.4, -0.2) is 4.98 Å². The van der Waals surface area contributed by atoms with Crippen molar-refractivity contribution < 1.29 is 8.78 Å². The van der Waals surface area contributed by atoms with Crippen molar-refractivity contribution >= 4 is 34.2 Å². The van der Waals surface area contributed by atoms with Crippen LogP contribution in [0.15, 0.2) is 6.20 Å². The monoisotopic (exact) mass is 303 g/mol. The summed E-state index contributed by atoms with van der Waals surface area (Å²) in [5.41, 5.74) is 0.317. The van der Waals surface area contributed by atoms with Crippen LogP contribution in [0.2, 0.25) is 5.02 Å². The Labute approximate surface area is 87.3 Å². The zero-order chi connectivity index (χ0) is 9.30. The molecule has 0 atom stereocenters. The molecule has 1 aromatic heterocycles. The van der Waals surface area contributed by atoms with Crippen molar-refractivity contribution in [2.24, 2.45) is 0 Å². The highest BCUT2D eigenvalue weighted by atomic mass is 127. The van der Waals surface area contributed by atoms with Gasteiger partial charge < -0.3 is 0 Å². The average molecular weight is 303 g/mol. The molecule has 0 aliphatic heterocycles. The molecule has 1 nitrogen and oxygen atoms in total. The number of rotatable bonds is 1. The van der Waals surface area contributed by atoms with Gasteiger partial charge in [0.1, 0.15) is 0 Å². The molecular formula is C7H5ClF2IN. The highest BCUT2D eigenvalue weighted by molar-refractivity contribution is 14.1. The average Bonchev–Trinajstić information content (AvgIpc) is 1.97. The number of aromatic nitrogens is 1. The minimum absolute atomic E-state index is 0.0666. The smallest absolute Gasteiger partial charge is 0.259 e. The molecule has 0 radical (unpaired) electrons. The molecule has 0 aliphatic carbocycles. The number of halogens is 4. The molecule has 0 aliphatic rings. The Kier molecular flexibility index (Phi) is 3.22. The highest BCUT2D eigenvalue weighted by Crippen LogP contribution is 2.32. The van der Waals surface area contributed by atoms with Crippen molar-refractivity contribution in [2.75, 3.05) is 0 Å². The largest absolute Gasteiger partial charge is 0.266 e. The second-order valence-corrected chi connectivity index (χ2v) is 3.76. The van der Waals surface area contributed by atoms with Crippen LogP contribution in [0.1, 0.15) is 17.7 Å². The van der Waals surface area contributed by atoms with Gasteiger partial charge in [0, 0.05) is 9.77 Å². The van der Waals surface area contributed by atoms with Gasteiger partial charge in [-0.25, -0.2) is 8.78 Å². The van der Waals surface area contributed by atoms with E-state index in [-0.39, 0.29) is 10.6 Å². The van der Waals surface area contributed by atoms with Gasteiger partial charge in [-0.3, -0.25) is 4.98 Å². The summed E-state index contributed by atoms with van der Waals surface area (Å²) in [7, 11) is 0. The highest BCUT2D eigenvalue weighted by Gasteiger charge is 2.17. The molecule has 0 N–H and O–H groups in total. The van der Waals surface area contributed by atoms with Crippen LogP contribution in [0.25, 0.3) is 0 Å². The first-order valence-corrected chi connectivity index (χ1v) is 4.58. The summed E-state index contributed by atoms with van der Waals surface area (Å²) in [6.07, 6.45) is -1.14. The second kappa shape index (κ2) is 3.83. The maximum Gasteiger partial charge on any atom is 0.266 e. The Balaban J connectivity index is 3.33. The lowest BCUT2D eigenvalue weighted by Gasteiger charge is -2.06. The van der Waals surface area contributed by atoms with Crippen molar-refractivity contribution in [2.45, 2.75) is 13.3 Å². The molecule has 5 heteroatoms. The van der Waals surface area contributed by atoms with E-state index in [2.05, 4.69) is 4.98 Å². The van der Waals surface area contributed by atoms with E-state index in [1.165, 1.54) is 6.20 Å². The molecule has 12 heavy (non-hydrogen) atoms. The number of hydrogen-bond donors (Lipinski definition) is 0. The van der Waals surface area contributed by atoms with Crippen molar-refractivity contribution in [3.05, 3.63) is 26.0 Å². The first-order chi connectivity index (χ1) is 5.54. The lowest BCUT2D eigenvalue weighted by molar-refractivity contribution is 0.150. The van der Waals surface area contributed by atoms with Crippen LogP contribution in [0.5, 0.6) is 0 Å². The fourth-order valence-electron chi connectivity index (χ4n) is 0.779. The lowest BCUT2D eigenvalue weighted by atomic mass is 10.2. The predicted molar refractivity (Wildman–Crippen MR) is 51.7 cm³/mol. The Morgan fingerprint density at radius 3 is 2.58 bits per heavy atom. The number of aryl methyl sites for hydroxylation is 1. The van der Waals surface area contributed by atoms with E-state index in [4.69, 9.17) is 11.6 Å². The third-order valence-electron chi connectivity index (χ3n) is 1.40. The van der Waals surface area contributed by atoms with Gasteiger partial charge in [-0.1, -0.05) is 11.6 Å².